The number of carbonyl (C=O) groups excluding carboxylic acids is 2. The number of rotatable bonds is 5. The number of fused-ring (bicyclic) bond motifs is 1. The quantitative estimate of drug-likeness (QED) is 0.700. The van der Waals surface area contributed by atoms with Crippen LogP contribution in [0.3, 0.4) is 0 Å². The third-order valence-corrected chi connectivity index (χ3v) is 5.94. The van der Waals surface area contributed by atoms with Crippen molar-refractivity contribution in [1.29, 1.82) is 0 Å². The maximum atomic E-state index is 14.7. The molecule has 0 atom stereocenters. The summed E-state index contributed by atoms with van der Waals surface area (Å²) in [6.07, 6.45) is 4.46. The zero-order valence-corrected chi connectivity index (χ0v) is 18.1. The lowest BCUT2D eigenvalue weighted by Gasteiger charge is -2.31. The monoisotopic (exact) mass is 464 g/mol. The molecule has 1 aliphatic heterocycles. The van der Waals surface area contributed by atoms with E-state index in [2.05, 4.69) is 15.3 Å². The molecule has 12 heteroatoms. The molecule has 1 fully saturated rings. The molecule has 0 spiro atoms. The van der Waals surface area contributed by atoms with Gasteiger partial charge in [0.25, 0.3) is 11.8 Å². The minimum Gasteiger partial charge on any atom is -0.495 e. The van der Waals surface area contributed by atoms with Crippen molar-refractivity contribution in [2.45, 2.75) is 37.6 Å². The van der Waals surface area contributed by atoms with Gasteiger partial charge in [0, 0.05) is 19.2 Å². The zero-order valence-electron chi connectivity index (χ0n) is 18.1. The number of nitrogens with one attached hydrogen (secondary N) is 1. The third kappa shape index (κ3) is 4.12. The van der Waals surface area contributed by atoms with Crippen LogP contribution in [-0.2, 0) is 4.79 Å². The van der Waals surface area contributed by atoms with Crippen LogP contribution in [0.1, 0.15) is 36.0 Å². The Morgan fingerprint density at radius 1 is 1.30 bits per heavy atom. The second-order valence-electron chi connectivity index (χ2n) is 8.06. The average molecular weight is 464 g/mol. The summed E-state index contributed by atoms with van der Waals surface area (Å²) < 4.78 is 48.9. The first-order chi connectivity index (χ1) is 15.6. The number of benzene rings is 1. The van der Waals surface area contributed by atoms with Crippen LogP contribution in [0, 0.1) is 5.82 Å². The zero-order chi connectivity index (χ0) is 23.9. The van der Waals surface area contributed by atoms with Crippen molar-refractivity contribution >= 4 is 35.0 Å². The van der Waals surface area contributed by atoms with Crippen LogP contribution in [0.2, 0.25) is 0 Å². The first-order valence-electron chi connectivity index (χ1n) is 10.4. The van der Waals surface area contributed by atoms with Crippen molar-refractivity contribution < 1.29 is 27.5 Å². The van der Waals surface area contributed by atoms with E-state index in [4.69, 9.17) is 10.5 Å². The lowest BCUT2D eigenvalue weighted by atomic mass is 10.1. The molecule has 176 valence electrons. The Bertz CT molecular complexity index is 1110. The predicted molar refractivity (Wildman–Crippen MR) is 115 cm³/mol. The van der Waals surface area contributed by atoms with Crippen LogP contribution in [0.25, 0.3) is 0 Å². The molecule has 2 heterocycles. The highest BCUT2D eigenvalue weighted by Crippen LogP contribution is 2.40. The van der Waals surface area contributed by atoms with Gasteiger partial charge < -0.3 is 25.6 Å². The summed E-state index contributed by atoms with van der Waals surface area (Å²) in [5, 5.41) is 2.80. The molecule has 0 radical (unpaired) electrons. The van der Waals surface area contributed by atoms with Gasteiger partial charge in [-0.25, -0.2) is 9.37 Å². The molecule has 1 aromatic carbocycles. The van der Waals surface area contributed by atoms with E-state index >= 15 is 0 Å². The van der Waals surface area contributed by atoms with E-state index in [1.165, 1.54) is 25.3 Å². The number of alkyl halides is 2. The van der Waals surface area contributed by atoms with Crippen molar-refractivity contribution in [3.05, 3.63) is 29.7 Å². The van der Waals surface area contributed by atoms with Gasteiger partial charge in [0.1, 0.15) is 17.3 Å². The second-order valence-corrected chi connectivity index (χ2v) is 8.06. The van der Waals surface area contributed by atoms with E-state index in [0.29, 0.717) is 12.8 Å². The molecule has 2 aliphatic rings. The highest BCUT2D eigenvalue weighted by Gasteiger charge is 2.48. The maximum Gasteiger partial charge on any atom is 0.342 e. The van der Waals surface area contributed by atoms with Crippen LogP contribution in [-0.4, -0.2) is 54.4 Å². The molecule has 9 nitrogen and oxygen atoms in total. The smallest absolute Gasteiger partial charge is 0.342 e. The standard InChI is InChI=1S/C21H23F3N6O3/c1-29-15-9-26-20(27-14-8-13(22)12(17(25)31)7-16(14)33-2)28-18(15)30(11-5-3-4-6-11)10-21(23,24)19(29)32/h7-9,11H,3-6,10H2,1-2H3,(H2,25,31)(H,26,27,28). The number of nitrogens with two attached hydrogens (primary N) is 1. The number of primary amides is 1. The van der Waals surface area contributed by atoms with E-state index in [-0.39, 0.29) is 40.5 Å². The molecule has 4 rings (SSSR count). The minimum absolute atomic E-state index is 0.0210. The van der Waals surface area contributed by atoms with Gasteiger partial charge in [0.2, 0.25) is 5.95 Å². The first-order valence-corrected chi connectivity index (χ1v) is 10.4. The van der Waals surface area contributed by atoms with E-state index in [1.54, 1.807) is 0 Å². The van der Waals surface area contributed by atoms with Crippen molar-refractivity contribution in [1.82, 2.24) is 9.97 Å². The number of hydrogen-bond donors (Lipinski definition) is 2. The fraction of sp³-hybridized carbons (Fsp3) is 0.429. The molecule has 1 aromatic heterocycles. The van der Waals surface area contributed by atoms with E-state index < -0.39 is 30.1 Å². The van der Waals surface area contributed by atoms with E-state index in [0.717, 1.165) is 29.9 Å². The van der Waals surface area contributed by atoms with Gasteiger partial charge in [-0.3, -0.25) is 9.59 Å². The van der Waals surface area contributed by atoms with Crippen molar-refractivity contribution in [2.24, 2.45) is 5.73 Å². The summed E-state index contributed by atoms with van der Waals surface area (Å²) in [6, 6.07) is 1.95. The lowest BCUT2D eigenvalue weighted by molar-refractivity contribution is -0.140. The SMILES string of the molecule is COc1cc(C(N)=O)c(F)cc1Nc1ncc2c(n1)N(C1CCCC1)CC(F)(F)C(=O)N2C. The molecule has 33 heavy (non-hydrogen) atoms. The number of methoxy groups -OCH3 is 1. The van der Waals surface area contributed by atoms with E-state index in [9.17, 15) is 22.8 Å². The number of amides is 2. The number of nitrogens with zero attached hydrogens (tertiary/aromatic N) is 4. The Morgan fingerprint density at radius 3 is 2.64 bits per heavy atom. The Hall–Kier alpha value is -3.57. The first kappa shape index (κ1) is 22.6. The fourth-order valence-corrected chi connectivity index (χ4v) is 4.23. The highest BCUT2D eigenvalue weighted by atomic mass is 19.3. The highest BCUT2D eigenvalue weighted by molar-refractivity contribution is 6.02. The second kappa shape index (κ2) is 8.41. The van der Waals surface area contributed by atoms with Gasteiger partial charge in [-0.15, -0.1) is 0 Å². The maximum absolute atomic E-state index is 14.7. The van der Waals surface area contributed by atoms with Gasteiger partial charge in [-0.05, 0) is 18.9 Å². The lowest BCUT2D eigenvalue weighted by Crippen LogP contribution is -2.48. The Kier molecular flexibility index (Phi) is 5.76. The predicted octanol–water partition coefficient (Wildman–Crippen LogP) is 2.83. The Morgan fingerprint density at radius 2 is 2.00 bits per heavy atom. The summed E-state index contributed by atoms with van der Waals surface area (Å²) in [5.74, 6) is -6.50. The van der Waals surface area contributed by atoms with Crippen LogP contribution in [0.4, 0.5) is 36.3 Å². The van der Waals surface area contributed by atoms with Crippen LogP contribution in [0.5, 0.6) is 5.75 Å². The molecule has 0 bridgehead atoms. The Labute approximate surface area is 187 Å². The van der Waals surface area contributed by atoms with Crippen molar-refractivity contribution in [2.75, 3.05) is 35.8 Å². The molecule has 2 aromatic rings. The van der Waals surface area contributed by atoms with Gasteiger partial charge in [-0.2, -0.15) is 13.8 Å². The molecular weight excluding hydrogens is 441 g/mol. The molecule has 1 saturated carbocycles. The summed E-state index contributed by atoms with van der Waals surface area (Å²) in [6.45, 7) is -0.796. The van der Waals surface area contributed by atoms with Crippen LogP contribution in [0.15, 0.2) is 18.3 Å². The summed E-state index contributed by atoms with van der Waals surface area (Å²) in [4.78, 5) is 34.6. The molecule has 2 amide bonds. The molecule has 0 saturated heterocycles. The number of hydrogen-bond acceptors (Lipinski definition) is 7. The largest absolute Gasteiger partial charge is 0.495 e. The molecule has 1 aliphatic carbocycles. The topological polar surface area (TPSA) is 114 Å². The third-order valence-electron chi connectivity index (χ3n) is 5.94. The van der Waals surface area contributed by atoms with Crippen LogP contribution >= 0.6 is 0 Å². The Balaban J connectivity index is 1.76. The molecule has 3 N–H and O–H groups in total. The van der Waals surface area contributed by atoms with Crippen molar-refractivity contribution in [3.63, 3.8) is 0 Å². The number of halogens is 3. The van der Waals surface area contributed by atoms with Gasteiger partial charge in [0.05, 0.1) is 31.1 Å². The molecular formula is C21H23F3N6O3. The number of ether oxygens (including phenoxy) is 1. The summed E-state index contributed by atoms with van der Waals surface area (Å²) in [7, 11) is 2.58. The number of aromatic nitrogens is 2. The number of anilines is 4. The van der Waals surface area contributed by atoms with Crippen molar-refractivity contribution in [3.8, 4) is 5.75 Å². The summed E-state index contributed by atoms with van der Waals surface area (Å²) in [5.41, 5.74) is 5.08. The minimum atomic E-state index is -3.59. The van der Waals surface area contributed by atoms with Gasteiger partial charge in [-0.1, -0.05) is 12.8 Å². The number of carbonyl (C=O) groups is 2. The average Bonchev–Trinajstić information content (AvgIpc) is 3.29. The fourth-order valence-electron chi connectivity index (χ4n) is 4.23. The van der Waals surface area contributed by atoms with Gasteiger partial charge in [0.15, 0.2) is 5.82 Å². The summed E-state index contributed by atoms with van der Waals surface area (Å²) >= 11 is 0. The normalized spacial score (nSPS) is 18.2. The molecule has 0 unspecified atom stereocenters. The van der Waals surface area contributed by atoms with E-state index in [1.807, 2.05) is 0 Å². The van der Waals surface area contributed by atoms with Crippen LogP contribution < -0.4 is 25.6 Å². The van der Waals surface area contributed by atoms with Gasteiger partial charge >= 0.3 is 5.92 Å².